The zero-order chi connectivity index (χ0) is 10.9. The molecule has 0 saturated carbocycles. The Hall–Kier alpha value is -1.33. The number of benzene rings is 1. The molecule has 0 aliphatic heterocycles. The SMILES string of the molecule is NS(=O)(=O)CCc1cccc2[nH]ccc12. The van der Waals surface area contributed by atoms with Gasteiger partial charge in [0.05, 0.1) is 5.75 Å². The largest absolute Gasteiger partial charge is 0.361 e. The van der Waals surface area contributed by atoms with E-state index in [9.17, 15) is 8.42 Å². The summed E-state index contributed by atoms with van der Waals surface area (Å²) in [5, 5.41) is 6.02. The predicted molar refractivity (Wildman–Crippen MR) is 60.0 cm³/mol. The number of H-pyrrole nitrogens is 1. The van der Waals surface area contributed by atoms with Gasteiger partial charge in [-0.2, -0.15) is 0 Å². The summed E-state index contributed by atoms with van der Waals surface area (Å²) in [6.07, 6.45) is 2.29. The normalized spacial score (nSPS) is 12.1. The molecule has 4 nitrogen and oxygen atoms in total. The third-order valence-corrected chi connectivity index (χ3v) is 3.11. The van der Waals surface area contributed by atoms with Crippen LogP contribution in [-0.2, 0) is 16.4 Å². The Morgan fingerprint density at radius 2 is 2.07 bits per heavy atom. The number of sulfonamides is 1. The van der Waals surface area contributed by atoms with Crippen LogP contribution in [0.3, 0.4) is 0 Å². The maximum atomic E-state index is 10.8. The molecule has 1 aromatic heterocycles. The van der Waals surface area contributed by atoms with E-state index < -0.39 is 10.0 Å². The molecule has 0 atom stereocenters. The maximum Gasteiger partial charge on any atom is 0.209 e. The van der Waals surface area contributed by atoms with Crippen molar-refractivity contribution in [3.8, 4) is 0 Å². The number of nitrogens with one attached hydrogen (secondary N) is 1. The maximum absolute atomic E-state index is 10.8. The van der Waals surface area contributed by atoms with Crippen molar-refractivity contribution in [3.05, 3.63) is 36.0 Å². The third-order valence-electron chi connectivity index (χ3n) is 2.34. The van der Waals surface area contributed by atoms with Crippen molar-refractivity contribution < 1.29 is 8.42 Å². The molecule has 80 valence electrons. The van der Waals surface area contributed by atoms with Gasteiger partial charge in [0.1, 0.15) is 0 Å². The fourth-order valence-electron chi connectivity index (χ4n) is 1.62. The van der Waals surface area contributed by atoms with E-state index in [1.165, 1.54) is 0 Å². The Morgan fingerprint density at radius 1 is 1.27 bits per heavy atom. The highest BCUT2D eigenvalue weighted by Gasteiger charge is 2.06. The number of aromatic amines is 1. The lowest BCUT2D eigenvalue weighted by Gasteiger charge is -2.01. The van der Waals surface area contributed by atoms with Crippen LogP contribution in [0.4, 0.5) is 0 Å². The van der Waals surface area contributed by atoms with Crippen molar-refractivity contribution in [3.63, 3.8) is 0 Å². The lowest BCUT2D eigenvalue weighted by Crippen LogP contribution is -2.17. The molecule has 15 heavy (non-hydrogen) atoms. The summed E-state index contributed by atoms with van der Waals surface area (Å²) in [5.41, 5.74) is 2.02. The van der Waals surface area contributed by atoms with Gasteiger partial charge in [-0.15, -0.1) is 0 Å². The third kappa shape index (κ3) is 2.37. The van der Waals surface area contributed by atoms with Gasteiger partial charge >= 0.3 is 0 Å². The van der Waals surface area contributed by atoms with Crippen molar-refractivity contribution in [1.82, 2.24) is 4.98 Å². The van der Waals surface area contributed by atoms with Crippen molar-refractivity contribution in [2.75, 3.05) is 5.75 Å². The highest BCUT2D eigenvalue weighted by atomic mass is 32.2. The molecule has 0 saturated heterocycles. The summed E-state index contributed by atoms with van der Waals surface area (Å²) in [6.45, 7) is 0. The van der Waals surface area contributed by atoms with Crippen molar-refractivity contribution in [1.29, 1.82) is 0 Å². The minimum Gasteiger partial charge on any atom is -0.361 e. The summed E-state index contributed by atoms with van der Waals surface area (Å²) in [5.74, 6) is -0.0166. The van der Waals surface area contributed by atoms with E-state index >= 15 is 0 Å². The number of hydrogen-bond acceptors (Lipinski definition) is 2. The second-order valence-corrected chi connectivity index (χ2v) is 5.21. The molecular weight excluding hydrogens is 212 g/mol. The summed E-state index contributed by atoms with van der Waals surface area (Å²) in [7, 11) is -3.38. The van der Waals surface area contributed by atoms with Crippen LogP contribution in [0.2, 0.25) is 0 Å². The summed E-state index contributed by atoms with van der Waals surface area (Å²) in [6, 6.07) is 7.71. The number of primary sulfonamides is 1. The van der Waals surface area contributed by atoms with Crippen LogP contribution in [0.5, 0.6) is 0 Å². The van der Waals surface area contributed by atoms with Crippen LogP contribution in [0, 0.1) is 0 Å². The molecule has 0 amide bonds. The van der Waals surface area contributed by atoms with Gasteiger partial charge in [-0.05, 0) is 24.1 Å². The smallest absolute Gasteiger partial charge is 0.209 e. The number of aryl methyl sites for hydroxylation is 1. The van der Waals surface area contributed by atoms with Crippen LogP contribution < -0.4 is 5.14 Å². The lowest BCUT2D eigenvalue weighted by atomic mass is 10.1. The quantitative estimate of drug-likeness (QED) is 0.816. The number of nitrogens with two attached hydrogens (primary N) is 1. The van der Waals surface area contributed by atoms with Gasteiger partial charge < -0.3 is 4.98 Å². The molecule has 2 aromatic rings. The highest BCUT2D eigenvalue weighted by molar-refractivity contribution is 7.89. The number of aromatic nitrogens is 1. The number of rotatable bonds is 3. The Balaban J connectivity index is 2.32. The molecule has 3 N–H and O–H groups in total. The zero-order valence-electron chi connectivity index (χ0n) is 8.10. The molecule has 2 rings (SSSR count). The molecular formula is C10H12N2O2S. The van der Waals surface area contributed by atoms with Crippen molar-refractivity contribution in [2.45, 2.75) is 6.42 Å². The Labute approximate surface area is 88.2 Å². The molecule has 1 heterocycles. The Kier molecular flexibility index (Phi) is 2.50. The minimum atomic E-state index is -3.38. The van der Waals surface area contributed by atoms with Gasteiger partial charge in [-0.3, -0.25) is 0 Å². The van der Waals surface area contributed by atoms with Crippen LogP contribution in [-0.4, -0.2) is 19.2 Å². The van der Waals surface area contributed by atoms with Crippen LogP contribution in [0.25, 0.3) is 10.9 Å². The first-order chi connectivity index (χ1) is 7.06. The fourth-order valence-corrected chi connectivity index (χ4v) is 2.13. The van der Waals surface area contributed by atoms with E-state index in [1.54, 1.807) is 0 Å². The van der Waals surface area contributed by atoms with E-state index in [1.807, 2.05) is 30.5 Å². The van der Waals surface area contributed by atoms with Gasteiger partial charge in [0.25, 0.3) is 0 Å². The first kappa shape index (κ1) is 10.2. The molecule has 1 aromatic carbocycles. The predicted octanol–water partition coefficient (Wildman–Crippen LogP) is 0.999. The molecule has 0 spiro atoms. The molecule has 0 aliphatic carbocycles. The topological polar surface area (TPSA) is 76.0 Å². The molecule has 0 fully saturated rings. The number of hydrogen-bond donors (Lipinski definition) is 2. The summed E-state index contributed by atoms with van der Waals surface area (Å²) < 4.78 is 21.7. The lowest BCUT2D eigenvalue weighted by molar-refractivity contribution is 0.597. The monoisotopic (exact) mass is 224 g/mol. The molecule has 0 unspecified atom stereocenters. The van der Waals surface area contributed by atoms with Crippen molar-refractivity contribution >= 4 is 20.9 Å². The molecule has 5 heteroatoms. The Morgan fingerprint density at radius 3 is 2.80 bits per heavy atom. The van der Waals surface area contributed by atoms with E-state index in [4.69, 9.17) is 5.14 Å². The van der Waals surface area contributed by atoms with Crippen molar-refractivity contribution in [2.24, 2.45) is 5.14 Å². The van der Waals surface area contributed by atoms with Crippen LogP contribution in [0.1, 0.15) is 5.56 Å². The van der Waals surface area contributed by atoms with E-state index in [-0.39, 0.29) is 5.75 Å². The van der Waals surface area contributed by atoms with Gasteiger partial charge in [0.15, 0.2) is 0 Å². The summed E-state index contributed by atoms with van der Waals surface area (Å²) in [4.78, 5) is 3.08. The second-order valence-electron chi connectivity index (χ2n) is 3.47. The molecule has 0 aliphatic rings. The van der Waals surface area contributed by atoms with E-state index in [2.05, 4.69) is 4.98 Å². The second kappa shape index (κ2) is 3.67. The Bertz CT molecular complexity index is 572. The number of fused-ring (bicyclic) bond motifs is 1. The zero-order valence-corrected chi connectivity index (χ0v) is 8.92. The van der Waals surface area contributed by atoms with Gasteiger partial charge in [-0.1, -0.05) is 12.1 Å². The van der Waals surface area contributed by atoms with E-state index in [0.29, 0.717) is 6.42 Å². The first-order valence-corrected chi connectivity index (χ1v) is 6.33. The minimum absolute atomic E-state index is 0.0166. The van der Waals surface area contributed by atoms with Gasteiger partial charge in [0.2, 0.25) is 10.0 Å². The van der Waals surface area contributed by atoms with Gasteiger partial charge in [-0.25, -0.2) is 13.6 Å². The fraction of sp³-hybridized carbons (Fsp3) is 0.200. The summed E-state index contributed by atoms with van der Waals surface area (Å²) >= 11 is 0. The highest BCUT2D eigenvalue weighted by Crippen LogP contribution is 2.17. The molecule has 0 radical (unpaired) electrons. The average molecular weight is 224 g/mol. The standard InChI is InChI=1S/C10H12N2O2S/c11-15(13,14)7-5-8-2-1-3-10-9(8)4-6-12-10/h1-4,6,12H,5,7H2,(H2,11,13,14). The van der Waals surface area contributed by atoms with Crippen LogP contribution >= 0.6 is 0 Å². The molecule has 0 bridgehead atoms. The first-order valence-electron chi connectivity index (χ1n) is 4.62. The van der Waals surface area contributed by atoms with Gasteiger partial charge in [0, 0.05) is 17.1 Å². The average Bonchev–Trinajstić information content (AvgIpc) is 2.61. The van der Waals surface area contributed by atoms with Crippen LogP contribution in [0.15, 0.2) is 30.5 Å². The van der Waals surface area contributed by atoms with E-state index in [0.717, 1.165) is 16.5 Å².